The third kappa shape index (κ3) is 4.33. The molecular formula is C16H13ClFNO2. The highest BCUT2D eigenvalue weighted by Crippen LogP contribution is 2.19. The Morgan fingerprint density at radius 2 is 2.10 bits per heavy atom. The fraction of sp³-hybridized carbons (Fsp3) is 0.0625. The monoisotopic (exact) mass is 305 g/mol. The van der Waals surface area contributed by atoms with Crippen LogP contribution in [0.2, 0.25) is 5.02 Å². The smallest absolute Gasteiger partial charge is 0.248 e. The second-order valence-electron chi connectivity index (χ2n) is 4.22. The summed E-state index contributed by atoms with van der Waals surface area (Å²) in [5.41, 5.74) is 0.890. The highest BCUT2D eigenvalue weighted by molar-refractivity contribution is 6.30. The van der Waals surface area contributed by atoms with Crippen LogP contribution in [0, 0.1) is 5.82 Å². The van der Waals surface area contributed by atoms with E-state index in [4.69, 9.17) is 16.3 Å². The molecular weight excluding hydrogens is 293 g/mol. The maximum atomic E-state index is 13.5. The van der Waals surface area contributed by atoms with E-state index in [9.17, 15) is 9.18 Å². The molecule has 2 aromatic carbocycles. The summed E-state index contributed by atoms with van der Waals surface area (Å²) in [4.78, 5) is 11.7. The van der Waals surface area contributed by atoms with E-state index in [0.29, 0.717) is 5.75 Å². The molecule has 3 nitrogen and oxygen atoms in total. The van der Waals surface area contributed by atoms with E-state index < -0.39 is 11.7 Å². The van der Waals surface area contributed by atoms with Crippen LogP contribution in [0.4, 0.5) is 10.1 Å². The standard InChI is InChI=1S/C16H13ClFNO2/c1-21-13-4-2-3-11(9-13)5-8-16(20)19-15-7-6-12(17)10-14(15)18/h2-10H,1H3,(H,19,20)/b8-5+. The van der Waals surface area contributed by atoms with Crippen molar-refractivity contribution in [3.63, 3.8) is 0 Å². The van der Waals surface area contributed by atoms with Crippen LogP contribution >= 0.6 is 11.6 Å². The summed E-state index contributed by atoms with van der Waals surface area (Å²) in [6.45, 7) is 0. The first-order valence-corrected chi connectivity index (χ1v) is 6.54. The molecule has 21 heavy (non-hydrogen) atoms. The van der Waals surface area contributed by atoms with E-state index >= 15 is 0 Å². The van der Waals surface area contributed by atoms with Crippen LogP contribution in [0.25, 0.3) is 6.08 Å². The number of carbonyl (C=O) groups excluding carboxylic acids is 1. The fourth-order valence-corrected chi connectivity index (χ4v) is 1.84. The van der Waals surface area contributed by atoms with Crippen molar-refractivity contribution in [1.29, 1.82) is 0 Å². The average molecular weight is 306 g/mol. The van der Waals surface area contributed by atoms with Crippen LogP contribution in [0.3, 0.4) is 0 Å². The molecule has 0 aliphatic heterocycles. The summed E-state index contributed by atoms with van der Waals surface area (Å²) in [6, 6.07) is 11.3. The number of benzene rings is 2. The molecule has 0 fully saturated rings. The maximum absolute atomic E-state index is 13.5. The van der Waals surface area contributed by atoms with Crippen molar-refractivity contribution in [2.24, 2.45) is 0 Å². The largest absolute Gasteiger partial charge is 0.497 e. The van der Waals surface area contributed by atoms with E-state index in [1.165, 1.54) is 18.2 Å². The molecule has 2 aromatic rings. The lowest BCUT2D eigenvalue weighted by atomic mass is 10.2. The number of amides is 1. The van der Waals surface area contributed by atoms with Gasteiger partial charge in [0, 0.05) is 11.1 Å². The van der Waals surface area contributed by atoms with Crippen molar-refractivity contribution in [3.05, 3.63) is 64.9 Å². The molecule has 108 valence electrons. The van der Waals surface area contributed by atoms with Gasteiger partial charge in [-0.3, -0.25) is 4.79 Å². The first-order chi connectivity index (χ1) is 10.1. The Hall–Kier alpha value is -2.33. The predicted octanol–water partition coefficient (Wildman–Crippen LogP) is 4.14. The second-order valence-corrected chi connectivity index (χ2v) is 4.66. The zero-order chi connectivity index (χ0) is 15.2. The Kier molecular flexibility index (Phi) is 4.95. The molecule has 0 aliphatic rings. The fourth-order valence-electron chi connectivity index (χ4n) is 1.68. The zero-order valence-electron chi connectivity index (χ0n) is 11.3. The van der Waals surface area contributed by atoms with Gasteiger partial charge in [0.15, 0.2) is 0 Å². The Balaban J connectivity index is 2.05. The van der Waals surface area contributed by atoms with Crippen LogP contribution in [-0.2, 0) is 4.79 Å². The molecule has 1 N–H and O–H groups in total. The Morgan fingerprint density at radius 1 is 1.29 bits per heavy atom. The molecule has 0 atom stereocenters. The average Bonchev–Trinajstić information content (AvgIpc) is 2.48. The molecule has 0 spiro atoms. The number of carbonyl (C=O) groups is 1. The van der Waals surface area contributed by atoms with Crippen LogP contribution < -0.4 is 10.1 Å². The molecule has 0 aromatic heterocycles. The van der Waals surface area contributed by atoms with Gasteiger partial charge in [-0.2, -0.15) is 0 Å². The third-order valence-corrected chi connectivity index (χ3v) is 2.95. The van der Waals surface area contributed by atoms with E-state index in [1.807, 2.05) is 12.1 Å². The van der Waals surface area contributed by atoms with Crippen LogP contribution in [0.1, 0.15) is 5.56 Å². The van der Waals surface area contributed by atoms with Gasteiger partial charge < -0.3 is 10.1 Å². The normalized spacial score (nSPS) is 10.6. The first-order valence-electron chi connectivity index (χ1n) is 6.16. The van der Waals surface area contributed by atoms with E-state index in [-0.39, 0.29) is 10.7 Å². The molecule has 0 bridgehead atoms. The summed E-state index contributed by atoms with van der Waals surface area (Å²) in [5, 5.41) is 2.72. The van der Waals surface area contributed by atoms with E-state index in [1.54, 1.807) is 25.3 Å². The molecule has 0 saturated carbocycles. The van der Waals surface area contributed by atoms with Gasteiger partial charge in [0.2, 0.25) is 5.91 Å². The number of halogens is 2. The van der Waals surface area contributed by atoms with Crippen molar-refractivity contribution in [2.75, 3.05) is 12.4 Å². The van der Waals surface area contributed by atoms with Gasteiger partial charge in [0.25, 0.3) is 0 Å². The number of rotatable bonds is 4. The van der Waals surface area contributed by atoms with E-state index in [2.05, 4.69) is 5.32 Å². The minimum absolute atomic E-state index is 0.0830. The van der Waals surface area contributed by atoms with E-state index in [0.717, 1.165) is 11.6 Å². The topological polar surface area (TPSA) is 38.3 Å². The molecule has 0 radical (unpaired) electrons. The van der Waals surface area contributed by atoms with Crippen molar-refractivity contribution in [3.8, 4) is 5.75 Å². The zero-order valence-corrected chi connectivity index (χ0v) is 12.0. The summed E-state index contributed by atoms with van der Waals surface area (Å²) in [5.74, 6) is -0.314. The van der Waals surface area contributed by atoms with Gasteiger partial charge in [0.1, 0.15) is 11.6 Å². The highest BCUT2D eigenvalue weighted by Gasteiger charge is 2.05. The molecule has 0 aliphatic carbocycles. The number of methoxy groups -OCH3 is 1. The van der Waals surface area contributed by atoms with Crippen molar-refractivity contribution >= 4 is 29.3 Å². The molecule has 0 unspecified atom stereocenters. The quantitative estimate of drug-likeness (QED) is 0.862. The van der Waals surface area contributed by atoms with Gasteiger partial charge in [-0.05, 0) is 42.0 Å². The number of hydrogen-bond acceptors (Lipinski definition) is 2. The predicted molar refractivity (Wildman–Crippen MR) is 82.1 cm³/mol. The van der Waals surface area contributed by atoms with Crippen molar-refractivity contribution in [2.45, 2.75) is 0 Å². The number of ether oxygens (including phenoxy) is 1. The lowest BCUT2D eigenvalue weighted by molar-refractivity contribution is -0.111. The molecule has 0 saturated heterocycles. The lowest BCUT2D eigenvalue weighted by Crippen LogP contribution is -2.09. The minimum atomic E-state index is -0.578. The minimum Gasteiger partial charge on any atom is -0.497 e. The Labute approximate surface area is 127 Å². The van der Waals surface area contributed by atoms with Crippen LogP contribution in [0.5, 0.6) is 5.75 Å². The third-order valence-electron chi connectivity index (χ3n) is 2.71. The number of anilines is 1. The SMILES string of the molecule is COc1cccc(/C=C/C(=O)Nc2ccc(Cl)cc2F)c1. The van der Waals surface area contributed by atoms with Crippen LogP contribution in [-0.4, -0.2) is 13.0 Å². The van der Waals surface area contributed by atoms with Gasteiger partial charge in [-0.1, -0.05) is 23.7 Å². The molecule has 0 heterocycles. The lowest BCUT2D eigenvalue weighted by Gasteiger charge is -2.04. The molecule has 2 rings (SSSR count). The van der Waals surface area contributed by atoms with Crippen molar-refractivity contribution in [1.82, 2.24) is 0 Å². The van der Waals surface area contributed by atoms with Gasteiger partial charge >= 0.3 is 0 Å². The number of hydrogen-bond donors (Lipinski definition) is 1. The summed E-state index contributed by atoms with van der Waals surface area (Å²) in [6.07, 6.45) is 2.94. The second kappa shape index (κ2) is 6.90. The highest BCUT2D eigenvalue weighted by atomic mass is 35.5. The van der Waals surface area contributed by atoms with Gasteiger partial charge in [-0.25, -0.2) is 4.39 Å². The van der Waals surface area contributed by atoms with Gasteiger partial charge in [-0.15, -0.1) is 0 Å². The van der Waals surface area contributed by atoms with Crippen molar-refractivity contribution < 1.29 is 13.9 Å². The maximum Gasteiger partial charge on any atom is 0.248 e. The van der Waals surface area contributed by atoms with Gasteiger partial charge in [0.05, 0.1) is 12.8 Å². The summed E-state index contributed by atoms with van der Waals surface area (Å²) in [7, 11) is 1.57. The number of nitrogens with one attached hydrogen (secondary N) is 1. The molecule has 1 amide bonds. The summed E-state index contributed by atoms with van der Waals surface area (Å²) < 4.78 is 18.6. The molecule has 5 heteroatoms. The summed E-state index contributed by atoms with van der Waals surface area (Å²) >= 11 is 5.64. The Morgan fingerprint density at radius 3 is 2.81 bits per heavy atom. The first kappa shape index (κ1) is 15.1. The van der Waals surface area contributed by atoms with Crippen LogP contribution in [0.15, 0.2) is 48.5 Å². The Bertz CT molecular complexity index is 686.